The number of amides is 1. The molecule has 0 saturated carbocycles. The van der Waals surface area contributed by atoms with Crippen molar-refractivity contribution in [3.05, 3.63) is 69.1 Å². The lowest BCUT2D eigenvalue weighted by Crippen LogP contribution is -2.17. The van der Waals surface area contributed by atoms with Gasteiger partial charge in [-0.05, 0) is 56.7 Å². The van der Waals surface area contributed by atoms with Gasteiger partial charge in [0.1, 0.15) is 17.0 Å². The number of rotatable bonds is 4. The number of benzene rings is 1. The number of hydrogen-bond donors (Lipinski definition) is 2. The van der Waals surface area contributed by atoms with Gasteiger partial charge in [-0.25, -0.2) is 15.4 Å². The van der Waals surface area contributed by atoms with Crippen LogP contribution < -0.4 is 11.2 Å². The van der Waals surface area contributed by atoms with Gasteiger partial charge in [0.25, 0.3) is 5.91 Å². The summed E-state index contributed by atoms with van der Waals surface area (Å²) in [4.78, 5) is 22.0. The topological polar surface area (TPSA) is 98.2 Å². The molecule has 0 aliphatic rings. The minimum absolute atomic E-state index is 0.308. The predicted molar refractivity (Wildman–Crippen MR) is 122 cm³/mol. The monoisotopic (exact) mass is 438 g/mol. The van der Waals surface area contributed by atoms with E-state index in [1.807, 2.05) is 51.1 Å². The summed E-state index contributed by atoms with van der Waals surface area (Å²) >= 11 is 7.26. The second kappa shape index (κ2) is 7.89. The maximum atomic E-state index is 12.6. The minimum Gasteiger partial charge on any atom is -0.383 e. The third kappa shape index (κ3) is 3.55. The summed E-state index contributed by atoms with van der Waals surface area (Å²) in [5.74, 6) is 0.0589. The maximum Gasteiger partial charge on any atom is 0.281 e. The number of hydrogen-bond acceptors (Lipinski definition) is 6. The SMILES string of the molecule is Cc1c(C(=O)NN=Cc2cc(C)n(-c3ccc(Cl)cc3)c2C)sc2ncnc(N)c12. The van der Waals surface area contributed by atoms with E-state index in [4.69, 9.17) is 17.3 Å². The molecule has 3 N–H and O–H groups in total. The molecular weight excluding hydrogens is 420 g/mol. The normalized spacial score (nSPS) is 11.5. The largest absolute Gasteiger partial charge is 0.383 e. The lowest BCUT2D eigenvalue weighted by molar-refractivity contribution is 0.0958. The van der Waals surface area contributed by atoms with Crippen LogP contribution in [0, 0.1) is 20.8 Å². The number of halogens is 1. The van der Waals surface area contributed by atoms with E-state index in [1.54, 1.807) is 6.21 Å². The summed E-state index contributed by atoms with van der Waals surface area (Å²) in [7, 11) is 0. The number of nitrogens with zero attached hydrogens (tertiary/aromatic N) is 4. The lowest BCUT2D eigenvalue weighted by Gasteiger charge is -2.09. The van der Waals surface area contributed by atoms with E-state index < -0.39 is 0 Å². The van der Waals surface area contributed by atoms with Gasteiger partial charge in [0.15, 0.2) is 0 Å². The number of fused-ring (bicyclic) bond motifs is 1. The van der Waals surface area contributed by atoms with Crippen molar-refractivity contribution in [2.24, 2.45) is 5.10 Å². The van der Waals surface area contributed by atoms with Crippen molar-refractivity contribution in [1.82, 2.24) is 20.0 Å². The third-order valence-electron chi connectivity index (χ3n) is 4.89. The Morgan fingerprint density at radius 2 is 1.97 bits per heavy atom. The van der Waals surface area contributed by atoms with Crippen molar-refractivity contribution in [2.45, 2.75) is 20.8 Å². The third-order valence-corrected chi connectivity index (χ3v) is 6.34. The number of aryl methyl sites for hydroxylation is 2. The van der Waals surface area contributed by atoms with E-state index >= 15 is 0 Å². The van der Waals surface area contributed by atoms with Crippen molar-refractivity contribution in [1.29, 1.82) is 0 Å². The number of nitrogen functional groups attached to an aromatic ring is 1. The molecule has 9 heteroatoms. The van der Waals surface area contributed by atoms with E-state index in [2.05, 4.69) is 25.1 Å². The van der Waals surface area contributed by atoms with E-state index in [-0.39, 0.29) is 5.91 Å². The first kappa shape index (κ1) is 20.1. The molecule has 0 unspecified atom stereocenters. The summed E-state index contributed by atoms with van der Waals surface area (Å²) in [6, 6.07) is 9.65. The van der Waals surface area contributed by atoms with Crippen LogP contribution in [-0.4, -0.2) is 26.7 Å². The molecule has 0 atom stereocenters. The van der Waals surface area contributed by atoms with Gasteiger partial charge in [-0.3, -0.25) is 4.79 Å². The van der Waals surface area contributed by atoms with Gasteiger partial charge in [-0.2, -0.15) is 5.10 Å². The maximum absolute atomic E-state index is 12.6. The van der Waals surface area contributed by atoms with Crippen LogP contribution in [0.4, 0.5) is 5.82 Å². The minimum atomic E-state index is -0.308. The van der Waals surface area contributed by atoms with Gasteiger partial charge >= 0.3 is 0 Å². The highest BCUT2D eigenvalue weighted by molar-refractivity contribution is 7.20. The molecule has 0 spiro atoms. The van der Waals surface area contributed by atoms with E-state index in [1.165, 1.54) is 17.7 Å². The molecule has 3 aromatic heterocycles. The average Bonchev–Trinajstić information content (AvgIpc) is 3.20. The summed E-state index contributed by atoms with van der Waals surface area (Å²) in [5.41, 5.74) is 13.3. The van der Waals surface area contributed by atoms with Crippen molar-refractivity contribution in [2.75, 3.05) is 5.73 Å². The van der Waals surface area contributed by atoms with Crippen LogP contribution >= 0.6 is 22.9 Å². The van der Waals surface area contributed by atoms with Crippen LogP contribution in [0.1, 0.15) is 32.2 Å². The smallest absolute Gasteiger partial charge is 0.281 e. The van der Waals surface area contributed by atoms with Crippen LogP contribution in [0.3, 0.4) is 0 Å². The molecule has 0 fully saturated rings. The zero-order valence-electron chi connectivity index (χ0n) is 16.6. The first-order valence-corrected chi connectivity index (χ1v) is 10.3. The van der Waals surface area contributed by atoms with Crippen molar-refractivity contribution in [3.63, 3.8) is 0 Å². The molecule has 0 radical (unpaired) electrons. The van der Waals surface area contributed by atoms with Crippen molar-refractivity contribution < 1.29 is 4.79 Å². The summed E-state index contributed by atoms with van der Waals surface area (Å²) in [6.07, 6.45) is 3.04. The van der Waals surface area contributed by atoms with Gasteiger partial charge in [0, 0.05) is 27.7 Å². The highest BCUT2D eigenvalue weighted by atomic mass is 35.5. The van der Waals surface area contributed by atoms with Gasteiger partial charge in [-0.1, -0.05) is 11.6 Å². The molecule has 4 rings (SSSR count). The Labute approximate surface area is 182 Å². The van der Waals surface area contributed by atoms with E-state index in [0.29, 0.717) is 25.9 Å². The number of hydrazone groups is 1. The molecule has 0 bridgehead atoms. The first-order valence-electron chi connectivity index (χ1n) is 9.14. The second-order valence-corrected chi connectivity index (χ2v) is 8.27. The fourth-order valence-electron chi connectivity index (χ4n) is 3.43. The Morgan fingerprint density at radius 1 is 1.23 bits per heavy atom. The number of thiophene rings is 1. The zero-order valence-corrected chi connectivity index (χ0v) is 18.2. The zero-order chi connectivity index (χ0) is 21.4. The predicted octanol–water partition coefficient (Wildman–Crippen LogP) is 4.41. The Hall–Kier alpha value is -3.23. The van der Waals surface area contributed by atoms with E-state index in [0.717, 1.165) is 28.2 Å². The highest BCUT2D eigenvalue weighted by Crippen LogP contribution is 2.31. The molecular formula is C21H19ClN6OS. The summed E-state index contributed by atoms with van der Waals surface area (Å²) in [5, 5.41) is 5.56. The second-order valence-electron chi connectivity index (χ2n) is 6.83. The molecule has 30 heavy (non-hydrogen) atoms. The Kier molecular flexibility index (Phi) is 5.27. The van der Waals surface area contributed by atoms with Crippen LogP contribution in [-0.2, 0) is 0 Å². The molecule has 0 saturated heterocycles. The Bertz CT molecular complexity index is 1290. The van der Waals surface area contributed by atoms with E-state index in [9.17, 15) is 4.79 Å². The van der Waals surface area contributed by atoms with Crippen LogP contribution in [0.2, 0.25) is 5.02 Å². The van der Waals surface area contributed by atoms with Gasteiger partial charge in [0.05, 0.1) is 16.5 Å². The number of anilines is 1. The molecule has 7 nitrogen and oxygen atoms in total. The standard InChI is InChI=1S/C21H19ClN6OS/c1-11-8-14(13(3)28(11)16-6-4-15(22)5-7-16)9-26-27-20(29)18-12(2)17-19(23)24-10-25-21(17)30-18/h4-10H,1-3H3,(H,27,29)(H2,23,24,25). The molecule has 0 aliphatic carbocycles. The molecule has 0 aliphatic heterocycles. The van der Waals surface area contributed by atoms with Crippen LogP contribution in [0.5, 0.6) is 0 Å². The van der Waals surface area contributed by atoms with Gasteiger partial charge in [0.2, 0.25) is 0 Å². The van der Waals surface area contributed by atoms with Crippen molar-refractivity contribution >= 4 is 51.1 Å². The first-order chi connectivity index (χ1) is 14.4. The number of nitrogens with one attached hydrogen (secondary N) is 1. The number of aromatic nitrogens is 3. The quantitative estimate of drug-likeness (QED) is 0.364. The molecule has 4 aromatic rings. The highest BCUT2D eigenvalue weighted by Gasteiger charge is 2.18. The lowest BCUT2D eigenvalue weighted by atomic mass is 10.2. The van der Waals surface area contributed by atoms with Crippen molar-refractivity contribution in [3.8, 4) is 5.69 Å². The number of carbonyl (C=O) groups is 1. The molecule has 1 aromatic carbocycles. The van der Waals surface area contributed by atoms with Crippen LogP contribution in [0.25, 0.3) is 15.9 Å². The van der Waals surface area contributed by atoms with Crippen LogP contribution in [0.15, 0.2) is 41.8 Å². The fraction of sp³-hybridized carbons (Fsp3) is 0.143. The van der Waals surface area contributed by atoms with Gasteiger partial charge in [-0.15, -0.1) is 11.3 Å². The average molecular weight is 439 g/mol. The summed E-state index contributed by atoms with van der Waals surface area (Å²) in [6.45, 7) is 5.85. The Balaban J connectivity index is 1.56. The molecule has 1 amide bonds. The Morgan fingerprint density at radius 3 is 2.67 bits per heavy atom. The number of carbonyl (C=O) groups excluding carboxylic acids is 1. The van der Waals surface area contributed by atoms with Gasteiger partial charge < -0.3 is 10.3 Å². The fourth-order valence-corrected chi connectivity index (χ4v) is 4.60. The summed E-state index contributed by atoms with van der Waals surface area (Å²) < 4.78 is 2.11. The number of nitrogens with two attached hydrogens (primary N) is 1. The molecule has 152 valence electrons. The molecule has 3 heterocycles.